The summed E-state index contributed by atoms with van der Waals surface area (Å²) in [6.45, 7) is 1.50. The van der Waals surface area contributed by atoms with Gasteiger partial charge in [-0.25, -0.2) is 0 Å². The molecule has 6 nitrogen and oxygen atoms in total. The van der Waals surface area contributed by atoms with Crippen LogP contribution in [0.4, 0.5) is 5.69 Å². The summed E-state index contributed by atoms with van der Waals surface area (Å²) in [6.07, 6.45) is -0.527. The van der Waals surface area contributed by atoms with Gasteiger partial charge in [-0.3, -0.25) is 14.9 Å². The number of benzene rings is 1. The Balaban J connectivity index is 3.50. The van der Waals surface area contributed by atoms with Crippen LogP contribution < -0.4 is 0 Å². The first kappa shape index (κ1) is 11.7. The molecule has 0 aliphatic carbocycles. The van der Waals surface area contributed by atoms with E-state index in [0.29, 0.717) is 5.56 Å². The molecule has 0 unspecified atom stereocenters. The molecule has 6 heteroatoms. The third-order valence-electron chi connectivity index (χ3n) is 2.12. The van der Waals surface area contributed by atoms with Crippen molar-refractivity contribution in [2.75, 3.05) is 0 Å². The summed E-state index contributed by atoms with van der Waals surface area (Å²) in [7, 11) is 0. The maximum atomic E-state index is 10.8. The summed E-state index contributed by atoms with van der Waals surface area (Å²) < 4.78 is 0. The van der Waals surface area contributed by atoms with Crippen LogP contribution in [-0.2, 0) is 11.2 Å². The Hall–Kier alpha value is -2.42. The van der Waals surface area contributed by atoms with Crippen LogP contribution in [0.25, 0.3) is 0 Å². The molecule has 0 bridgehead atoms. The van der Waals surface area contributed by atoms with E-state index in [9.17, 15) is 14.9 Å². The van der Waals surface area contributed by atoms with Crippen LogP contribution in [0.2, 0.25) is 0 Å². The van der Waals surface area contributed by atoms with Crippen molar-refractivity contribution < 1.29 is 14.8 Å². The van der Waals surface area contributed by atoms with E-state index in [4.69, 9.17) is 10.4 Å². The third kappa shape index (κ3) is 2.15. The van der Waals surface area contributed by atoms with Crippen molar-refractivity contribution in [2.24, 2.45) is 0 Å². The topological polar surface area (TPSA) is 104 Å². The van der Waals surface area contributed by atoms with Gasteiger partial charge in [-0.15, -0.1) is 0 Å². The van der Waals surface area contributed by atoms with E-state index in [1.807, 2.05) is 0 Å². The van der Waals surface area contributed by atoms with Gasteiger partial charge >= 0.3 is 5.97 Å². The summed E-state index contributed by atoms with van der Waals surface area (Å²) in [6, 6.07) is 4.58. The summed E-state index contributed by atoms with van der Waals surface area (Å²) in [5, 5.41) is 28.2. The smallest absolute Gasteiger partial charge is 0.308 e. The summed E-state index contributed by atoms with van der Waals surface area (Å²) in [5.74, 6) is -1.20. The van der Waals surface area contributed by atoms with E-state index >= 15 is 0 Å². The number of carboxylic acid groups (broad SMARTS) is 1. The minimum Gasteiger partial charge on any atom is -0.481 e. The van der Waals surface area contributed by atoms with Crippen molar-refractivity contribution in [1.29, 1.82) is 5.26 Å². The lowest BCUT2D eigenvalue weighted by Crippen LogP contribution is -2.07. The van der Waals surface area contributed by atoms with Crippen LogP contribution in [0.1, 0.15) is 16.7 Å². The number of aliphatic carboxylic acids is 1. The molecule has 1 N–H and O–H groups in total. The second-order valence-electron chi connectivity index (χ2n) is 3.20. The molecule has 0 saturated heterocycles. The highest BCUT2D eigenvalue weighted by Gasteiger charge is 2.22. The van der Waals surface area contributed by atoms with Crippen molar-refractivity contribution in [3.63, 3.8) is 0 Å². The Morgan fingerprint density at radius 2 is 2.25 bits per heavy atom. The highest BCUT2D eigenvalue weighted by Crippen LogP contribution is 2.26. The zero-order valence-corrected chi connectivity index (χ0v) is 8.43. The van der Waals surface area contributed by atoms with Crippen LogP contribution >= 0.6 is 0 Å². The number of nitrogens with zero attached hydrogens (tertiary/aromatic N) is 2. The number of nitriles is 1. The summed E-state index contributed by atoms with van der Waals surface area (Å²) in [4.78, 5) is 20.7. The largest absolute Gasteiger partial charge is 0.481 e. The van der Waals surface area contributed by atoms with Crippen LogP contribution in [0.3, 0.4) is 0 Å². The van der Waals surface area contributed by atoms with Crippen LogP contribution in [0.15, 0.2) is 12.1 Å². The number of carboxylic acids is 1. The van der Waals surface area contributed by atoms with Crippen LogP contribution in [-0.4, -0.2) is 16.0 Å². The normalized spacial score (nSPS) is 9.50. The van der Waals surface area contributed by atoms with Gasteiger partial charge in [-0.1, -0.05) is 6.07 Å². The zero-order chi connectivity index (χ0) is 12.3. The molecule has 16 heavy (non-hydrogen) atoms. The zero-order valence-electron chi connectivity index (χ0n) is 8.43. The van der Waals surface area contributed by atoms with Crippen molar-refractivity contribution >= 4 is 11.7 Å². The number of rotatable bonds is 3. The first-order valence-corrected chi connectivity index (χ1v) is 4.36. The van der Waals surface area contributed by atoms with Crippen LogP contribution in [0.5, 0.6) is 0 Å². The van der Waals surface area contributed by atoms with Gasteiger partial charge in [-0.05, 0) is 13.0 Å². The Morgan fingerprint density at radius 3 is 2.69 bits per heavy atom. The first-order chi connectivity index (χ1) is 7.47. The van der Waals surface area contributed by atoms with E-state index < -0.39 is 17.3 Å². The van der Waals surface area contributed by atoms with Crippen molar-refractivity contribution in [3.05, 3.63) is 38.9 Å². The number of nitro benzene ring substituents is 1. The minimum atomic E-state index is -1.20. The molecule has 0 amide bonds. The highest BCUT2D eigenvalue weighted by atomic mass is 16.6. The lowest BCUT2D eigenvalue weighted by Gasteiger charge is -2.04. The molecular weight excluding hydrogens is 212 g/mol. The number of carbonyl (C=O) groups is 1. The average molecular weight is 220 g/mol. The summed E-state index contributed by atoms with van der Waals surface area (Å²) in [5.41, 5.74) is 0.0430. The molecule has 1 aromatic rings. The number of hydrogen-bond acceptors (Lipinski definition) is 4. The van der Waals surface area contributed by atoms with Crippen molar-refractivity contribution in [3.8, 4) is 6.07 Å². The van der Waals surface area contributed by atoms with E-state index in [-0.39, 0.29) is 16.8 Å². The molecule has 0 atom stereocenters. The lowest BCUT2D eigenvalue weighted by molar-refractivity contribution is -0.386. The maximum Gasteiger partial charge on any atom is 0.308 e. The molecule has 0 aliphatic heterocycles. The second kappa shape index (κ2) is 4.40. The van der Waals surface area contributed by atoms with Gasteiger partial charge in [-0.2, -0.15) is 5.26 Å². The SMILES string of the molecule is Cc1ccc(C#N)c(CC(=O)O)c1[N+](=O)[O-]. The van der Waals surface area contributed by atoms with Gasteiger partial charge in [0, 0.05) is 5.56 Å². The fourth-order valence-electron chi connectivity index (χ4n) is 1.44. The van der Waals surface area contributed by atoms with Gasteiger partial charge in [0.1, 0.15) is 0 Å². The predicted octanol–water partition coefficient (Wildman–Crippen LogP) is 1.40. The van der Waals surface area contributed by atoms with Gasteiger partial charge < -0.3 is 5.11 Å². The first-order valence-electron chi connectivity index (χ1n) is 4.36. The number of nitro groups is 1. The lowest BCUT2D eigenvalue weighted by atomic mass is 10.00. The Kier molecular flexibility index (Phi) is 3.20. The molecule has 0 spiro atoms. The Bertz CT molecular complexity index is 502. The molecule has 1 aromatic carbocycles. The molecule has 0 heterocycles. The number of aryl methyl sites for hydroxylation is 1. The number of hydrogen-bond donors (Lipinski definition) is 1. The molecule has 0 aliphatic rings. The molecule has 0 aromatic heterocycles. The fourth-order valence-corrected chi connectivity index (χ4v) is 1.44. The van der Waals surface area contributed by atoms with E-state index in [2.05, 4.69) is 0 Å². The molecule has 1 rings (SSSR count). The van der Waals surface area contributed by atoms with Crippen molar-refractivity contribution in [1.82, 2.24) is 0 Å². The highest BCUT2D eigenvalue weighted by molar-refractivity contribution is 5.74. The quantitative estimate of drug-likeness (QED) is 0.612. The van der Waals surface area contributed by atoms with E-state index in [1.54, 1.807) is 6.07 Å². The molecule has 82 valence electrons. The second-order valence-corrected chi connectivity index (χ2v) is 3.20. The van der Waals surface area contributed by atoms with Gasteiger partial charge in [0.2, 0.25) is 0 Å². The molecular formula is C10H8N2O4. The minimum absolute atomic E-state index is 0.0275. The van der Waals surface area contributed by atoms with E-state index in [1.165, 1.54) is 19.1 Å². The fraction of sp³-hybridized carbons (Fsp3) is 0.200. The Labute approximate surface area is 90.9 Å². The van der Waals surface area contributed by atoms with E-state index in [0.717, 1.165) is 0 Å². The summed E-state index contributed by atoms with van der Waals surface area (Å²) >= 11 is 0. The van der Waals surface area contributed by atoms with Crippen molar-refractivity contribution in [2.45, 2.75) is 13.3 Å². The standard InChI is InChI=1S/C10H8N2O4/c1-6-2-3-7(5-11)8(4-9(13)14)10(6)12(15)16/h2-3H,4H2,1H3,(H,13,14). The Morgan fingerprint density at radius 1 is 1.62 bits per heavy atom. The molecule has 0 fully saturated rings. The monoisotopic (exact) mass is 220 g/mol. The predicted molar refractivity (Wildman–Crippen MR) is 53.9 cm³/mol. The molecule has 0 saturated carbocycles. The molecule has 0 radical (unpaired) electrons. The van der Waals surface area contributed by atoms with Gasteiger partial charge in [0.05, 0.1) is 28.5 Å². The van der Waals surface area contributed by atoms with Gasteiger partial charge in [0.15, 0.2) is 0 Å². The third-order valence-corrected chi connectivity index (χ3v) is 2.12. The average Bonchev–Trinajstić information content (AvgIpc) is 2.16. The maximum absolute atomic E-state index is 10.8. The van der Waals surface area contributed by atoms with Gasteiger partial charge in [0.25, 0.3) is 5.69 Å². The van der Waals surface area contributed by atoms with Crippen LogP contribution in [0, 0.1) is 28.4 Å².